The average Bonchev–Trinajstić information content (AvgIpc) is 2.89. The van der Waals surface area contributed by atoms with Crippen LogP contribution in [0.15, 0.2) is 0 Å². The number of hydrogen-bond acceptors (Lipinski definition) is 3. The predicted octanol–water partition coefficient (Wildman–Crippen LogP) is 0.491. The van der Waals surface area contributed by atoms with Gasteiger partial charge in [-0.2, -0.15) is 0 Å². The van der Waals surface area contributed by atoms with Gasteiger partial charge in [-0.05, 0) is 25.8 Å². The molecular weight excluding hydrogens is 162 g/mol. The zero-order valence-corrected chi connectivity index (χ0v) is 8.87. The van der Waals surface area contributed by atoms with Gasteiger partial charge in [0.15, 0.2) is 0 Å². The molecule has 3 heteroatoms. The van der Waals surface area contributed by atoms with E-state index in [0.29, 0.717) is 0 Å². The molecule has 0 amide bonds. The fourth-order valence-electron chi connectivity index (χ4n) is 1.93. The van der Waals surface area contributed by atoms with Crippen molar-refractivity contribution in [2.24, 2.45) is 5.92 Å². The van der Waals surface area contributed by atoms with Crippen LogP contribution in [-0.4, -0.2) is 61.7 Å². The van der Waals surface area contributed by atoms with Crippen molar-refractivity contribution >= 4 is 0 Å². The summed E-state index contributed by atoms with van der Waals surface area (Å²) < 4.78 is 0. The summed E-state index contributed by atoms with van der Waals surface area (Å²) in [6, 6.07) is 0. The summed E-state index contributed by atoms with van der Waals surface area (Å²) in [5, 5.41) is 4.93. The molecule has 0 aromatic heterocycles. The van der Waals surface area contributed by atoms with Crippen LogP contribution in [0, 0.1) is 5.92 Å². The lowest BCUT2D eigenvalue weighted by molar-refractivity contribution is -0.0361. The van der Waals surface area contributed by atoms with Crippen LogP contribution >= 0.6 is 0 Å². The van der Waals surface area contributed by atoms with Gasteiger partial charge in [-0.3, -0.25) is 0 Å². The molecule has 1 aliphatic heterocycles. The Labute approximate surface area is 81.3 Å². The van der Waals surface area contributed by atoms with Crippen molar-refractivity contribution in [3.05, 3.63) is 0 Å². The summed E-state index contributed by atoms with van der Waals surface area (Å²) in [5.41, 5.74) is 0. The Hall–Kier alpha value is -0.120. The molecule has 0 aromatic carbocycles. The molecule has 1 aliphatic carbocycles. The van der Waals surface area contributed by atoms with E-state index in [2.05, 4.69) is 29.0 Å². The molecule has 0 aromatic rings. The lowest BCUT2D eigenvalue weighted by atomic mass is 10.3. The van der Waals surface area contributed by atoms with E-state index in [-0.39, 0.29) is 0 Å². The lowest BCUT2D eigenvalue weighted by Crippen LogP contribution is -2.51. The van der Waals surface area contributed by atoms with Crippen LogP contribution in [-0.2, 0) is 0 Å². The van der Waals surface area contributed by atoms with Gasteiger partial charge >= 0.3 is 0 Å². The van der Waals surface area contributed by atoms with E-state index in [1.165, 1.54) is 45.6 Å². The van der Waals surface area contributed by atoms with Crippen LogP contribution < -0.4 is 0 Å². The van der Waals surface area contributed by atoms with Crippen LogP contribution in [0.5, 0.6) is 0 Å². The van der Waals surface area contributed by atoms with Crippen molar-refractivity contribution < 1.29 is 0 Å². The molecule has 1 saturated carbocycles. The van der Waals surface area contributed by atoms with Gasteiger partial charge in [-0.1, -0.05) is 0 Å². The molecule has 76 valence electrons. The first-order valence-corrected chi connectivity index (χ1v) is 5.40. The highest BCUT2D eigenvalue weighted by atomic mass is 15.6. The number of rotatable bonds is 3. The second kappa shape index (κ2) is 3.95. The summed E-state index contributed by atoms with van der Waals surface area (Å²) in [7, 11) is 4.45. The fraction of sp³-hybridized carbons (Fsp3) is 1.00. The average molecular weight is 183 g/mol. The smallest absolute Gasteiger partial charge is 0.0261 e. The quantitative estimate of drug-likeness (QED) is 0.630. The van der Waals surface area contributed by atoms with Gasteiger partial charge in [-0.15, -0.1) is 0 Å². The summed E-state index contributed by atoms with van der Waals surface area (Å²) in [5.74, 6) is 1.00. The number of hydrazine groups is 1. The van der Waals surface area contributed by atoms with Crippen molar-refractivity contribution in [3.8, 4) is 0 Å². The topological polar surface area (TPSA) is 9.72 Å². The Morgan fingerprint density at radius 1 is 1.15 bits per heavy atom. The molecule has 1 saturated heterocycles. The van der Waals surface area contributed by atoms with Gasteiger partial charge < -0.3 is 4.90 Å². The third-order valence-electron chi connectivity index (χ3n) is 3.18. The molecule has 3 nitrogen and oxygen atoms in total. The number of piperazine rings is 1. The van der Waals surface area contributed by atoms with Crippen molar-refractivity contribution in [2.45, 2.75) is 12.8 Å². The maximum absolute atomic E-state index is 2.50. The van der Waals surface area contributed by atoms with Crippen molar-refractivity contribution in [1.82, 2.24) is 14.9 Å². The van der Waals surface area contributed by atoms with Gasteiger partial charge in [0.2, 0.25) is 0 Å². The summed E-state index contributed by atoms with van der Waals surface area (Å²) in [6.07, 6.45) is 2.91. The molecular formula is C10H21N3. The van der Waals surface area contributed by atoms with E-state index in [9.17, 15) is 0 Å². The van der Waals surface area contributed by atoms with Crippen molar-refractivity contribution in [1.29, 1.82) is 0 Å². The lowest BCUT2D eigenvalue weighted by Gasteiger charge is -2.38. The molecule has 13 heavy (non-hydrogen) atoms. The Morgan fingerprint density at radius 3 is 2.31 bits per heavy atom. The minimum absolute atomic E-state index is 1.00. The first-order valence-electron chi connectivity index (χ1n) is 5.40. The minimum atomic E-state index is 1.00. The second-order valence-electron chi connectivity index (χ2n) is 4.54. The Balaban J connectivity index is 1.72. The van der Waals surface area contributed by atoms with E-state index in [4.69, 9.17) is 0 Å². The van der Waals surface area contributed by atoms with Crippen LogP contribution in [0.1, 0.15) is 12.8 Å². The first-order chi connectivity index (χ1) is 6.25. The molecule has 2 rings (SSSR count). The van der Waals surface area contributed by atoms with Gasteiger partial charge in [0.1, 0.15) is 0 Å². The molecule has 0 atom stereocenters. The van der Waals surface area contributed by atoms with Crippen LogP contribution in [0.4, 0.5) is 0 Å². The van der Waals surface area contributed by atoms with Gasteiger partial charge in [0.05, 0.1) is 0 Å². The Morgan fingerprint density at radius 2 is 1.77 bits per heavy atom. The third kappa shape index (κ3) is 2.66. The number of nitrogens with zero attached hydrogens (tertiary/aromatic N) is 3. The predicted molar refractivity (Wildman–Crippen MR) is 54.4 cm³/mol. The summed E-state index contributed by atoms with van der Waals surface area (Å²) in [6.45, 7) is 6.13. The SMILES string of the molecule is CN1CCN(N(C)CC2CC2)CC1. The maximum atomic E-state index is 2.50. The highest BCUT2D eigenvalue weighted by Gasteiger charge is 2.26. The second-order valence-corrected chi connectivity index (χ2v) is 4.54. The summed E-state index contributed by atoms with van der Waals surface area (Å²) in [4.78, 5) is 2.40. The third-order valence-corrected chi connectivity index (χ3v) is 3.18. The molecule has 0 spiro atoms. The van der Waals surface area contributed by atoms with E-state index in [1.807, 2.05) is 0 Å². The zero-order chi connectivity index (χ0) is 9.26. The van der Waals surface area contributed by atoms with Crippen molar-refractivity contribution in [3.63, 3.8) is 0 Å². The highest BCUT2D eigenvalue weighted by molar-refractivity contribution is 4.76. The fourth-order valence-corrected chi connectivity index (χ4v) is 1.93. The normalized spacial score (nSPS) is 27.0. The van der Waals surface area contributed by atoms with E-state index in [0.717, 1.165) is 5.92 Å². The Bertz CT molecular complexity index is 160. The minimum Gasteiger partial charge on any atom is -0.304 e. The zero-order valence-electron chi connectivity index (χ0n) is 8.87. The monoisotopic (exact) mass is 183 g/mol. The van der Waals surface area contributed by atoms with E-state index in [1.54, 1.807) is 0 Å². The molecule has 0 N–H and O–H groups in total. The molecule has 0 radical (unpaired) electrons. The molecule has 2 fully saturated rings. The van der Waals surface area contributed by atoms with Crippen LogP contribution in [0.25, 0.3) is 0 Å². The van der Waals surface area contributed by atoms with E-state index >= 15 is 0 Å². The molecule has 1 heterocycles. The Kier molecular flexibility index (Phi) is 2.86. The number of likely N-dealkylation sites (N-methyl/N-ethyl adjacent to an activating group) is 1. The van der Waals surface area contributed by atoms with Gasteiger partial charge in [0.25, 0.3) is 0 Å². The van der Waals surface area contributed by atoms with Gasteiger partial charge in [-0.25, -0.2) is 10.0 Å². The summed E-state index contributed by atoms with van der Waals surface area (Å²) >= 11 is 0. The molecule has 2 aliphatic rings. The number of hydrogen-bond donors (Lipinski definition) is 0. The first kappa shape index (κ1) is 9.44. The van der Waals surface area contributed by atoms with Gasteiger partial charge in [0, 0.05) is 39.8 Å². The largest absolute Gasteiger partial charge is 0.304 e. The van der Waals surface area contributed by atoms with Crippen molar-refractivity contribution in [2.75, 3.05) is 46.8 Å². The molecule has 0 unspecified atom stereocenters. The van der Waals surface area contributed by atoms with Crippen LogP contribution in [0.2, 0.25) is 0 Å². The molecule has 0 bridgehead atoms. The highest BCUT2D eigenvalue weighted by Crippen LogP contribution is 2.29. The van der Waals surface area contributed by atoms with E-state index < -0.39 is 0 Å². The maximum Gasteiger partial charge on any atom is 0.0261 e. The van der Waals surface area contributed by atoms with Crippen LogP contribution in [0.3, 0.4) is 0 Å². The standard InChI is InChI=1S/C10H21N3/c1-11-5-7-13(8-6-11)12(2)9-10-3-4-10/h10H,3-9H2,1-2H3.